The topological polar surface area (TPSA) is 92.8 Å². The fourth-order valence-corrected chi connectivity index (χ4v) is 6.98. The van der Waals surface area contributed by atoms with Gasteiger partial charge in [0.15, 0.2) is 0 Å². The van der Waals surface area contributed by atoms with Crippen molar-refractivity contribution in [1.82, 2.24) is 0 Å². The maximum absolute atomic E-state index is 13.2. The van der Waals surface area contributed by atoms with Gasteiger partial charge in [-0.3, -0.25) is 9.03 Å². The summed E-state index contributed by atoms with van der Waals surface area (Å²) in [6.07, 6.45) is 1.30. The lowest BCUT2D eigenvalue weighted by molar-refractivity contribution is 0.408. The van der Waals surface area contributed by atoms with Crippen LogP contribution in [0.15, 0.2) is 70.5 Å². The Morgan fingerprint density at radius 1 is 0.879 bits per heavy atom. The molecule has 0 saturated carbocycles. The van der Waals surface area contributed by atoms with Crippen LogP contribution < -0.4 is 13.8 Å². The summed E-state index contributed by atoms with van der Waals surface area (Å²) >= 11 is 0. The second kappa shape index (κ2) is 8.72. The predicted molar refractivity (Wildman–Crippen MR) is 129 cm³/mol. The Labute approximate surface area is 195 Å². The van der Waals surface area contributed by atoms with Crippen LogP contribution in [0.3, 0.4) is 0 Å². The van der Waals surface area contributed by atoms with Crippen LogP contribution in [0, 0.1) is 13.8 Å². The zero-order valence-electron chi connectivity index (χ0n) is 18.7. The number of fused-ring (bicyclic) bond motifs is 1. The largest absolute Gasteiger partial charge is 0.496 e. The summed E-state index contributed by atoms with van der Waals surface area (Å²) in [4.78, 5) is 0.372. The van der Waals surface area contributed by atoms with E-state index in [4.69, 9.17) is 4.74 Å². The highest BCUT2D eigenvalue weighted by Crippen LogP contribution is 2.34. The first-order chi connectivity index (χ1) is 15.6. The van der Waals surface area contributed by atoms with Gasteiger partial charge in [0, 0.05) is 12.2 Å². The van der Waals surface area contributed by atoms with Crippen molar-refractivity contribution < 1.29 is 21.6 Å². The van der Waals surface area contributed by atoms with Gasteiger partial charge in [-0.25, -0.2) is 16.8 Å². The van der Waals surface area contributed by atoms with Crippen LogP contribution in [-0.2, 0) is 26.5 Å². The molecule has 3 aromatic carbocycles. The lowest BCUT2D eigenvalue weighted by Gasteiger charge is -2.31. The van der Waals surface area contributed by atoms with Crippen molar-refractivity contribution in [2.24, 2.45) is 0 Å². The first-order valence-electron chi connectivity index (χ1n) is 10.5. The molecule has 0 spiro atoms. The molecule has 1 aliphatic rings. The quantitative estimate of drug-likeness (QED) is 0.562. The fraction of sp³-hybridized carbons (Fsp3) is 0.250. The third-order valence-electron chi connectivity index (χ3n) is 5.69. The number of benzene rings is 3. The van der Waals surface area contributed by atoms with Crippen LogP contribution in [0.5, 0.6) is 5.75 Å². The maximum atomic E-state index is 13.2. The van der Waals surface area contributed by atoms with Crippen LogP contribution in [0.25, 0.3) is 0 Å². The molecule has 0 bridgehead atoms. The molecule has 1 heterocycles. The van der Waals surface area contributed by atoms with Gasteiger partial charge in [0.25, 0.3) is 20.0 Å². The van der Waals surface area contributed by atoms with E-state index in [-0.39, 0.29) is 9.79 Å². The number of nitrogens with one attached hydrogen (secondary N) is 1. The summed E-state index contributed by atoms with van der Waals surface area (Å²) in [5.74, 6) is 0.655. The Morgan fingerprint density at radius 3 is 2.18 bits per heavy atom. The summed E-state index contributed by atoms with van der Waals surface area (Å²) in [5.41, 5.74) is 3.20. The third-order valence-corrected chi connectivity index (χ3v) is 8.88. The number of rotatable bonds is 6. The number of nitrogens with zero attached hydrogens (tertiary/aromatic N) is 1. The Hall–Kier alpha value is -3.04. The Balaban J connectivity index is 1.65. The average Bonchev–Trinajstić information content (AvgIpc) is 2.78. The van der Waals surface area contributed by atoms with Crippen LogP contribution in [0.1, 0.15) is 23.1 Å². The molecule has 0 saturated heterocycles. The normalized spacial score (nSPS) is 14.0. The highest BCUT2D eigenvalue weighted by Gasteiger charge is 2.29. The van der Waals surface area contributed by atoms with Gasteiger partial charge in [0.2, 0.25) is 0 Å². The molecule has 174 valence electrons. The smallest absolute Gasteiger partial charge is 0.264 e. The van der Waals surface area contributed by atoms with Gasteiger partial charge < -0.3 is 4.74 Å². The van der Waals surface area contributed by atoms with E-state index in [1.54, 1.807) is 81.6 Å². The van der Waals surface area contributed by atoms with E-state index in [1.165, 1.54) is 4.31 Å². The maximum Gasteiger partial charge on any atom is 0.264 e. The third kappa shape index (κ3) is 4.43. The summed E-state index contributed by atoms with van der Waals surface area (Å²) in [6.45, 7) is 3.97. The van der Waals surface area contributed by atoms with Crippen molar-refractivity contribution in [3.8, 4) is 5.75 Å². The lowest BCUT2D eigenvalue weighted by atomic mass is 10.0. The van der Waals surface area contributed by atoms with Crippen molar-refractivity contribution >= 4 is 31.4 Å². The molecule has 0 fully saturated rings. The molecule has 0 atom stereocenters. The molecule has 0 aromatic heterocycles. The molecule has 1 N–H and O–H groups in total. The van der Waals surface area contributed by atoms with E-state index in [9.17, 15) is 16.8 Å². The number of hydrogen-bond acceptors (Lipinski definition) is 5. The van der Waals surface area contributed by atoms with E-state index < -0.39 is 20.0 Å². The lowest BCUT2D eigenvalue weighted by Crippen LogP contribution is -2.35. The number of ether oxygens (including phenoxy) is 1. The summed E-state index contributed by atoms with van der Waals surface area (Å²) < 4.78 is 61.7. The number of sulfonamides is 2. The molecule has 7 nitrogen and oxygen atoms in total. The Morgan fingerprint density at radius 2 is 1.55 bits per heavy atom. The SMILES string of the molecule is COc1c(C)cc(S(=O)(=O)Nc2ccc3c(c2)CCCN3S(=O)(=O)c2ccccc2)cc1C. The zero-order valence-corrected chi connectivity index (χ0v) is 20.3. The van der Waals surface area contributed by atoms with Gasteiger partial charge in [-0.05, 0) is 85.8 Å². The Bertz CT molecular complexity index is 1380. The van der Waals surface area contributed by atoms with Gasteiger partial charge in [0.1, 0.15) is 5.75 Å². The van der Waals surface area contributed by atoms with Crippen molar-refractivity contribution in [2.45, 2.75) is 36.5 Å². The second-order valence-corrected chi connectivity index (χ2v) is 11.6. The number of hydrogen-bond donors (Lipinski definition) is 1. The van der Waals surface area contributed by atoms with Crippen molar-refractivity contribution in [2.75, 3.05) is 22.7 Å². The second-order valence-electron chi connectivity index (χ2n) is 8.03. The molecule has 0 amide bonds. The monoisotopic (exact) mass is 486 g/mol. The highest BCUT2D eigenvalue weighted by molar-refractivity contribution is 7.93. The van der Waals surface area contributed by atoms with Gasteiger partial charge in [-0.2, -0.15) is 0 Å². The summed E-state index contributed by atoms with van der Waals surface area (Å²) in [5, 5.41) is 0. The number of methoxy groups -OCH3 is 1. The van der Waals surface area contributed by atoms with E-state index in [0.29, 0.717) is 36.5 Å². The standard InChI is InChI=1S/C24H26N2O5S2/c1-17-14-22(15-18(2)24(17)31-3)32(27,28)25-20-11-12-23-19(16-20)8-7-13-26(23)33(29,30)21-9-5-4-6-10-21/h4-6,9-12,14-16,25H,7-8,13H2,1-3H3. The van der Waals surface area contributed by atoms with E-state index in [1.807, 2.05) is 0 Å². The molecular weight excluding hydrogens is 460 g/mol. The van der Waals surface area contributed by atoms with Gasteiger partial charge >= 0.3 is 0 Å². The minimum atomic E-state index is -3.83. The fourth-order valence-electron chi connectivity index (χ4n) is 4.20. The molecule has 9 heteroatoms. The zero-order chi connectivity index (χ0) is 23.8. The van der Waals surface area contributed by atoms with Crippen LogP contribution >= 0.6 is 0 Å². The minimum Gasteiger partial charge on any atom is -0.496 e. The molecule has 1 aliphatic heterocycles. The van der Waals surface area contributed by atoms with Gasteiger partial charge in [-0.1, -0.05) is 18.2 Å². The molecular formula is C24H26N2O5S2. The van der Waals surface area contributed by atoms with Crippen molar-refractivity contribution in [1.29, 1.82) is 0 Å². The average molecular weight is 487 g/mol. The molecule has 0 aliphatic carbocycles. The number of aryl methyl sites for hydroxylation is 3. The van der Waals surface area contributed by atoms with Crippen molar-refractivity contribution in [3.05, 3.63) is 77.4 Å². The van der Waals surface area contributed by atoms with E-state index in [2.05, 4.69) is 4.72 Å². The molecule has 33 heavy (non-hydrogen) atoms. The molecule has 4 rings (SSSR count). The highest BCUT2D eigenvalue weighted by atomic mass is 32.2. The van der Waals surface area contributed by atoms with Crippen LogP contribution in [-0.4, -0.2) is 30.5 Å². The van der Waals surface area contributed by atoms with E-state index in [0.717, 1.165) is 16.7 Å². The molecule has 0 unspecified atom stereocenters. The molecule has 3 aromatic rings. The van der Waals surface area contributed by atoms with Crippen molar-refractivity contribution in [3.63, 3.8) is 0 Å². The first-order valence-corrected chi connectivity index (χ1v) is 13.4. The van der Waals surface area contributed by atoms with Crippen LogP contribution in [0.2, 0.25) is 0 Å². The summed E-state index contributed by atoms with van der Waals surface area (Å²) in [6, 6.07) is 16.4. The summed E-state index contributed by atoms with van der Waals surface area (Å²) in [7, 11) is -5.98. The number of anilines is 2. The molecule has 0 radical (unpaired) electrons. The minimum absolute atomic E-state index is 0.143. The Kier molecular flexibility index (Phi) is 6.11. The van der Waals surface area contributed by atoms with Gasteiger partial charge in [-0.15, -0.1) is 0 Å². The van der Waals surface area contributed by atoms with E-state index >= 15 is 0 Å². The van der Waals surface area contributed by atoms with Crippen LogP contribution in [0.4, 0.5) is 11.4 Å². The predicted octanol–water partition coefficient (Wildman–Crippen LogP) is 4.25. The van der Waals surface area contributed by atoms with Gasteiger partial charge in [0.05, 0.1) is 22.6 Å². The first kappa shape index (κ1) is 23.1.